The van der Waals surface area contributed by atoms with Crippen molar-refractivity contribution >= 4 is 27.5 Å². The van der Waals surface area contributed by atoms with Crippen molar-refractivity contribution in [3.63, 3.8) is 0 Å². The van der Waals surface area contributed by atoms with Gasteiger partial charge in [0.25, 0.3) is 10.0 Å². The third-order valence-electron chi connectivity index (χ3n) is 8.25. The quantitative estimate of drug-likeness (QED) is 0.165. The molecule has 0 aromatic heterocycles. The summed E-state index contributed by atoms with van der Waals surface area (Å²) < 4.78 is 40.9. The molecule has 0 aliphatic carbocycles. The molecule has 9 nitrogen and oxygen atoms in total. The molecule has 2 amide bonds. The van der Waals surface area contributed by atoms with Crippen LogP contribution in [0.5, 0.6) is 11.5 Å². The number of aryl methyl sites for hydroxylation is 2. The minimum Gasteiger partial charge on any atom is -0.497 e. The van der Waals surface area contributed by atoms with E-state index in [9.17, 15) is 18.0 Å². The van der Waals surface area contributed by atoms with E-state index in [-0.39, 0.29) is 41.2 Å². The fourth-order valence-electron chi connectivity index (χ4n) is 5.34. The van der Waals surface area contributed by atoms with Crippen LogP contribution in [-0.4, -0.2) is 58.0 Å². The summed E-state index contributed by atoms with van der Waals surface area (Å²) >= 11 is 0. The van der Waals surface area contributed by atoms with Crippen LogP contribution >= 0.6 is 0 Å². The van der Waals surface area contributed by atoms with Gasteiger partial charge in [0, 0.05) is 25.1 Å². The second-order valence-electron chi connectivity index (χ2n) is 11.9. The highest BCUT2D eigenvalue weighted by Crippen LogP contribution is 2.36. The lowest BCUT2D eigenvalue weighted by atomic mass is 10.0. The van der Waals surface area contributed by atoms with E-state index in [0.29, 0.717) is 12.2 Å². The number of benzene rings is 4. The first-order chi connectivity index (χ1) is 23.0. The van der Waals surface area contributed by atoms with Crippen LogP contribution in [0.1, 0.15) is 42.5 Å². The Balaban J connectivity index is 1.87. The summed E-state index contributed by atoms with van der Waals surface area (Å²) in [7, 11) is -1.41. The van der Waals surface area contributed by atoms with Gasteiger partial charge in [0.2, 0.25) is 11.8 Å². The van der Waals surface area contributed by atoms with E-state index in [1.165, 1.54) is 37.3 Å². The van der Waals surface area contributed by atoms with Gasteiger partial charge in [-0.2, -0.15) is 0 Å². The van der Waals surface area contributed by atoms with Crippen LogP contribution in [0.4, 0.5) is 5.69 Å². The topological polar surface area (TPSA) is 105 Å². The van der Waals surface area contributed by atoms with Crippen LogP contribution in [0.2, 0.25) is 0 Å². The van der Waals surface area contributed by atoms with Crippen molar-refractivity contribution in [3.05, 3.63) is 119 Å². The molecule has 4 aromatic rings. The summed E-state index contributed by atoms with van der Waals surface area (Å²) in [5, 5.41) is 3.06. The van der Waals surface area contributed by atoms with E-state index in [4.69, 9.17) is 9.47 Å². The van der Waals surface area contributed by atoms with Gasteiger partial charge in [0.1, 0.15) is 24.1 Å². The first-order valence-electron chi connectivity index (χ1n) is 16.0. The average molecular weight is 672 g/mol. The molecule has 0 spiro atoms. The van der Waals surface area contributed by atoms with Gasteiger partial charge in [-0.05, 0) is 62.6 Å². The maximum absolute atomic E-state index is 14.8. The largest absolute Gasteiger partial charge is 0.497 e. The molecule has 0 bridgehead atoms. The van der Waals surface area contributed by atoms with Gasteiger partial charge in [-0.3, -0.25) is 13.9 Å². The number of carbonyl (C=O) groups is 2. The Morgan fingerprint density at radius 1 is 0.812 bits per heavy atom. The Kier molecular flexibility index (Phi) is 12.2. The van der Waals surface area contributed by atoms with Gasteiger partial charge in [0.15, 0.2) is 0 Å². The molecule has 0 saturated carbocycles. The highest BCUT2D eigenvalue weighted by Gasteiger charge is 2.36. The predicted molar refractivity (Wildman–Crippen MR) is 189 cm³/mol. The van der Waals surface area contributed by atoms with E-state index < -0.39 is 28.5 Å². The van der Waals surface area contributed by atoms with Crippen LogP contribution in [-0.2, 0) is 32.6 Å². The minimum atomic E-state index is -4.31. The number of nitrogens with one attached hydrogen (secondary N) is 1. The summed E-state index contributed by atoms with van der Waals surface area (Å²) in [6.07, 6.45) is 0.932. The Morgan fingerprint density at radius 2 is 1.50 bits per heavy atom. The van der Waals surface area contributed by atoms with Crippen LogP contribution in [0, 0.1) is 13.8 Å². The van der Waals surface area contributed by atoms with Crippen LogP contribution in [0.15, 0.2) is 102 Å². The van der Waals surface area contributed by atoms with Gasteiger partial charge in [-0.25, -0.2) is 8.42 Å². The smallest absolute Gasteiger partial charge is 0.264 e. The third-order valence-corrected chi connectivity index (χ3v) is 10.0. The summed E-state index contributed by atoms with van der Waals surface area (Å²) in [5.74, 6) is -0.257. The highest BCUT2D eigenvalue weighted by molar-refractivity contribution is 7.92. The Morgan fingerprint density at radius 3 is 2.12 bits per heavy atom. The van der Waals surface area contributed by atoms with E-state index in [0.717, 1.165) is 26.6 Å². The van der Waals surface area contributed by atoms with Gasteiger partial charge < -0.3 is 19.7 Å². The average Bonchev–Trinajstić information content (AvgIpc) is 3.08. The molecule has 0 saturated heterocycles. The zero-order valence-electron chi connectivity index (χ0n) is 28.5. The van der Waals surface area contributed by atoms with Crippen molar-refractivity contribution in [2.45, 2.75) is 64.1 Å². The van der Waals surface area contributed by atoms with Crippen molar-refractivity contribution in [3.8, 4) is 11.5 Å². The van der Waals surface area contributed by atoms with E-state index in [1.807, 2.05) is 82.3 Å². The van der Waals surface area contributed by atoms with Crippen molar-refractivity contribution in [1.82, 2.24) is 10.2 Å². The number of amides is 2. The molecule has 0 heterocycles. The van der Waals surface area contributed by atoms with Crippen molar-refractivity contribution < 1.29 is 27.5 Å². The standard InChI is InChI=1S/C38H45N3O6S/c1-7-29(4)39-38(43)35(23-30-13-9-8-10-14-30)40(25-31-15-11-12-28(3)22-31)37(42)26-41(34-24-32(46-5)18-21-36(34)47-6)48(44,45)33-19-16-27(2)17-20-33/h8-22,24,29,35H,7,23,25-26H2,1-6H3,(H,39,43)/t29-,35+/m1/s1. The molecular weight excluding hydrogens is 627 g/mol. The summed E-state index contributed by atoms with van der Waals surface area (Å²) in [5.41, 5.74) is 3.68. The number of anilines is 1. The van der Waals surface area contributed by atoms with Gasteiger partial charge in [0.05, 0.1) is 24.8 Å². The number of ether oxygens (including phenoxy) is 2. The Bertz CT molecular complexity index is 1800. The molecule has 254 valence electrons. The SMILES string of the molecule is CC[C@@H](C)NC(=O)[C@H](Cc1ccccc1)N(Cc1cccc(C)c1)C(=O)CN(c1cc(OC)ccc1OC)S(=O)(=O)c1ccc(C)cc1. The maximum Gasteiger partial charge on any atom is 0.264 e. The lowest BCUT2D eigenvalue weighted by Gasteiger charge is -2.34. The molecule has 0 fully saturated rings. The molecule has 48 heavy (non-hydrogen) atoms. The molecule has 1 N–H and O–H groups in total. The van der Waals surface area contributed by atoms with Crippen LogP contribution in [0.3, 0.4) is 0 Å². The summed E-state index contributed by atoms with van der Waals surface area (Å²) in [4.78, 5) is 30.3. The minimum absolute atomic E-state index is 0.00589. The molecule has 10 heteroatoms. The molecule has 0 unspecified atom stereocenters. The fourth-order valence-corrected chi connectivity index (χ4v) is 6.76. The normalized spacial score (nSPS) is 12.5. The number of rotatable bonds is 15. The van der Waals surface area contributed by atoms with Crippen molar-refractivity contribution in [1.29, 1.82) is 0 Å². The number of methoxy groups -OCH3 is 2. The van der Waals surface area contributed by atoms with E-state index in [2.05, 4.69) is 5.32 Å². The van der Waals surface area contributed by atoms with Crippen LogP contribution < -0.4 is 19.1 Å². The van der Waals surface area contributed by atoms with Crippen molar-refractivity contribution in [2.75, 3.05) is 25.1 Å². The first-order valence-corrected chi connectivity index (χ1v) is 17.4. The lowest BCUT2D eigenvalue weighted by Crippen LogP contribution is -2.54. The van der Waals surface area contributed by atoms with Crippen LogP contribution in [0.25, 0.3) is 0 Å². The summed E-state index contributed by atoms with van der Waals surface area (Å²) in [6.45, 7) is 7.19. The Hall–Kier alpha value is -4.83. The molecule has 2 atom stereocenters. The fraction of sp³-hybridized carbons (Fsp3) is 0.316. The molecule has 4 rings (SSSR count). The van der Waals surface area contributed by atoms with Gasteiger partial charge in [-0.1, -0.05) is 84.8 Å². The molecular formula is C38H45N3O6S. The Labute approximate surface area is 284 Å². The third kappa shape index (κ3) is 8.95. The second-order valence-corrected chi connectivity index (χ2v) is 13.8. The molecule has 0 radical (unpaired) electrons. The number of sulfonamides is 1. The van der Waals surface area contributed by atoms with E-state index in [1.54, 1.807) is 24.3 Å². The number of carbonyl (C=O) groups excluding carboxylic acids is 2. The monoisotopic (exact) mass is 671 g/mol. The van der Waals surface area contributed by atoms with Gasteiger partial charge in [-0.15, -0.1) is 0 Å². The number of nitrogens with zero attached hydrogens (tertiary/aromatic N) is 2. The first kappa shape index (κ1) is 36.0. The van der Waals surface area contributed by atoms with Crippen molar-refractivity contribution in [2.24, 2.45) is 0 Å². The second kappa shape index (κ2) is 16.3. The molecule has 0 aliphatic heterocycles. The van der Waals surface area contributed by atoms with E-state index >= 15 is 0 Å². The maximum atomic E-state index is 14.8. The summed E-state index contributed by atoms with van der Waals surface area (Å²) in [6, 6.07) is 27.3. The highest BCUT2D eigenvalue weighted by atomic mass is 32.2. The number of hydrogen-bond donors (Lipinski definition) is 1. The zero-order chi connectivity index (χ0) is 34.8. The zero-order valence-corrected chi connectivity index (χ0v) is 29.3. The van der Waals surface area contributed by atoms with Gasteiger partial charge >= 0.3 is 0 Å². The lowest BCUT2D eigenvalue weighted by molar-refractivity contribution is -0.140. The molecule has 0 aliphatic rings. The number of hydrogen-bond acceptors (Lipinski definition) is 6. The predicted octanol–water partition coefficient (Wildman–Crippen LogP) is 6.07. The molecule has 4 aromatic carbocycles.